The van der Waals surface area contributed by atoms with Gasteiger partial charge in [-0.15, -0.1) is 0 Å². The number of pyridine rings is 1. The van der Waals surface area contributed by atoms with Crippen LogP contribution in [0, 0.1) is 6.92 Å². The predicted molar refractivity (Wildman–Crippen MR) is 112 cm³/mol. The van der Waals surface area contributed by atoms with Gasteiger partial charge in [-0.05, 0) is 45.0 Å². The van der Waals surface area contributed by atoms with E-state index in [1.54, 1.807) is 20.1 Å². The minimum absolute atomic E-state index is 0.0316. The summed E-state index contributed by atoms with van der Waals surface area (Å²) >= 11 is 0. The topological polar surface area (TPSA) is 51.4 Å². The van der Waals surface area contributed by atoms with Gasteiger partial charge in [-0.2, -0.15) is 0 Å². The number of likely N-dealkylation sites (tertiary alicyclic amines) is 1. The third kappa shape index (κ3) is 4.21. The number of fused-ring (bicyclic) bond motifs is 1. The van der Waals surface area contributed by atoms with Gasteiger partial charge in [0.1, 0.15) is 5.75 Å². The highest BCUT2D eigenvalue weighted by Crippen LogP contribution is 2.34. The molecular weight excluding hydrogens is 388 g/mol. The Balaban J connectivity index is 1.40. The Labute approximate surface area is 174 Å². The van der Waals surface area contributed by atoms with Crippen LogP contribution in [0.2, 0.25) is 0 Å². The Hall–Kier alpha value is -2.80. The number of hydrogen-bond acceptors (Lipinski definition) is 5. The molecule has 0 atom stereocenters. The summed E-state index contributed by atoms with van der Waals surface area (Å²) in [5.41, 5.74) is 2.36. The fourth-order valence-corrected chi connectivity index (χ4v) is 4.07. The van der Waals surface area contributed by atoms with Gasteiger partial charge in [0.25, 0.3) is 12.1 Å². The quantitative estimate of drug-likeness (QED) is 0.544. The number of alkyl halides is 2. The first-order valence-corrected chi connectivity index (χ1v) is 10.1. The Morgan fingerprint density at radius 1 is 1.27 bits per heavy atom. The van der Waals surface area contributed by atoms with Crippen LogP contribution in [0.3, 0.4) is 0 Å². The van der Waals surface area contributed by atoms with Gasteiger partial charge in [0.2, 0.25) is 0 Å². The summed E-state index contributed by atoms with van der Waals surface area (Å²) in [7, 11) is 1.67. The zero-order valence-electron chi connectivity index (χ0n) is 17.1. The maximum Gasteiger partial charge on any atom is 0.264 e. The molecule has 158 valence electrons. The van der Waals surface area contributed by atoms with Crippen molar-refractivity contribution in [3.05, 3.63) is 58.9 Å². The van der Waals surface area contributed by atoms with Crippen LogP contribution in [-0.4, -0.2) is 41.8 Å². The molecule has 7 heteroatoms. The molecule has 0 saturated carbocycles. The average Bonchev–Trinajstić information content (AvgIpc) is 3.14. The van der Waals surface area contributed by atoms with Crippen molar-refractivity contribution in [2.45, 2.75) is 32.1 Å². The minimum atomic E-state index is -2.58. The van der Waals surface area contributed by atoms with Gasteiger partial charge in [-0.1, -0.05) is 35.5 Å². The van der Waals surface area contributed by atoms with Crippen LogP contribution in [0.25, 0.3) is 17.2 Å². The number of hydrogen-bond donors (Lipinski definition) is 0. The van der Waals surface area contributed by atoms with Crippen molar-refractivity contribution >= 4 is 17.2 Å². The SMILES string of the molecule is COc1ccccc1C=CCN1CCC(c2cc(C(F)F)c3c(C)noc3n2)CC1. The predicted octanol–water partition coefficient (Wildman–Crippen LogP) is 5.37. The van der Waals surface area contributed by atoms with Crippen LogP contribution >= 0.6 is 0 Å². The van der Waals surface area contributed by atoms with Gasteiger partial charge < -0.3 is 9.26 Å². The molecule has 3 heterocycles. The van der Waals surface area contributed by atoms with Crippen molar-refractivity contribution in [3.63, 3.8) is 0 Å². The van der Waals surface area contributed by atoms with E-state index in [0.717, 1.165) is 43.8 Å². The van der Waals surface area contributed by atoms with Gasteiger partial charge in [-0.3, -0.25) is 4.90 Å². The van der Waals surface area contributed by atoms with Crippen LogP contribution in [0.5, 0.6) is 5.75 Å². The maximum atomic E-state index is 13.6. The fraction of sp³-hybridized carbons (Fsp3) is 0.391. The first kappa shape index (κ1) is 20.5. The van der Waals surface area contributed by atoms with E-state index in [4.69, 9.17) is 9.26 Å². The molecule has 3 aromatic rings. The lowest BCUT2D eigenvalue weighted by molar-refractivity contribution is 0.152. The van der Waals surface area contributed by atoms with Crippen LogP contribution < -0.4 is 4.74 Å². The summed E-state index contributed by atoms with van der Waals surface area (Å²) in [4.78, 5) is 6.85. The third-order valence-corrected chi connectivity index (χ3v) is 5.71. The number of aromatic nitrogens is 2. The zero-order valence-corrected chi connectivity index (χ0v) is 17.1. The van der Waals surface area contributed by atoms with E-state index in [1.807, 2.05) is 24.3 Å². The van der Waals surface area contributed by atoms with Crippen molar-refractivity contribution in [1.82, 2.24) is 15.0 Å². The molecule has 1 aliphatic heterocycles. The summed E-state index contributed by atoms with van der Waals surface area (Å²) in [6.45, 7) is 4.27. The smallest absolute Gasteiger partial charge is 0.264 e. The lowest BCUT2D eigenvalue weighted by atomic mass is 9.91. The summed E-state index contributed by atoms with van der Waals surface area (Å²) < 4.78 is 37.7. The Bertz CT molecular complexity index is 1040. The first-order valence-electron chi connectivity index (χ1n) is 10.1. The summed E-state index contributed by atoms with van der Waals surface area (Å²) in [5, 5.41) is 4.15. The summed E-state index contributed by atoms with van der Waals surface area (Å²) in [6, 6.07) is 9.44. The van der Waals surface area contributed by atoms with E-state index in [0.29, 0.717) is 16.8 Å². The molecule has 0 aliphatic carbocycles. The average molecular weight is 413 g/mol. The second-order valence-corrected chi connectivity index (χ2v) is 7.60. The molecule has 0 unspecified atom stereocenters. The van der Waals surface area contributed by atoms with Gasteiger partial charge in [0.05, 0.1) is 18.2 Å². The molecule has 4 rings (SSSR count). The number of piperidine rings is 1. The first-order chi connectivity index (χ1) is 14.6. The van der Waals surface area contributed by atoms with Crippen LogP contribution in [0.15, 0.2) is 40.9 Å². The van der Waals surface area contributed by atoms with Crippen LogP contribution in [0.1, 0.15) is 47.7 Å². The molecule has 30 heavy (non-hydrogen) atoms. The highest BCUT2D eigenvalue weighted by molar-refractivity contribution is 5.80. The van der Waals surface area contributed by atoms with Crippen LogP contribution in [0.4, 0.5) is 8.78 Å². The number of ether oxygens (including phenoxy) is 1. The van der Waals surface area contributed by atoms with Crippen molar-refractivity contribution in [2.75, 3.05) is 26.7 Å². The molecule has 0 bridgehead atoms. The lowest BCUT2D eigenvalue weighted by Crippen LogP contribution is -2.33. The van der Waals surface area contributed by atoms with Crippen molar-refractivity contribution in [3.8, 4) is 5.75 Å². The van der Waals surface area contributed by atoms with E-state index >= 15 is 0 Å². The number of rotatable bonds is 6. The second kappa shape index (κ2) is 8.92. The van der Waals surface area contributed by atoms with E-state index in [2.05, 4.69) is 27.2 Å². The van der Waals surface area contributed by atoms with Gasteiger partial charge in [0, 0.05) is 29.3 Å². The Morgan fingerprint density at radius 2 is 2.03 bits per heavy atom. The normalized spacial score (nSPS) is 16.2. The molecule has 0 radical (unpaired) electrons. The highest BCUT2D eigenvalue weighted by Gasteiger charge is 2.25. The number of methoxy groups -OCH3 is 1. The molecule has 0 amide bonds. The fourth-order valence-electron chi connectivity index (χ4n) is 4.07. The van der Waals surface area contributed by atoms with Crippen molar-refractivity contribution < 1.29 is 18.0 Å². The maximum absolute atomic E-state index is 13.6. The number of nitrogens with zero attached hydrogens (tertiary/aromatic N) is 3. The monoisotopic (exact) mass is 413 g/mol. The number of halogens is 2. The van der Waals surface area contributed by atoms with Gasteiger partial charge in [0.15, 0.2) is 0 Å². The van der Waals surface area contributed by atoms with E-state index in [-0.39, 0.29) is 17.2 Å². The number of para-hydroxylation sites is 1. The second-order valence-electron chi connectivity index (χ2n) is 7.60. The number of aryl methyl sites for hydroxylation is 1. The molecule has 5 nitrogen and oxygen atoms in total. The Morgan fingerprint density at radius 3 is 2.77 bits per heavy atom. The third-order valence-electron chi connectivity index (χ3n) is 5.71. The highest BCUT2D eigenvalue weighted by atomic mass is 19.3. The minimum Gasteiger partial charge on any atom is -0.496 e. The largest absolute Gasteiger partial charge is 0.496 e. The molecule has 1 aliphatic rings. The van der Waals surface area contributed by atoms with E-state index < -0.39 is 6.43 Å². The standard InChI is InChI=1S/C23H25F2N3O2/c1-15-21-18(22(24)25)14-19(26-23(21)30-27-15)16-9-12-28(13-10-16)11-5-7-17-6-3-4-8-20(17)29-2/h3-8,14,16,22H,9-13H2,1-2H3. The molecule has 0 spiro atoms. The molecule has 0 N–H and O–H groups in total. The molecular formula is C23H25F2N3O2. The zero-order chi connectivity index (χ0) is 21.1. The van der Waals surface area contributed by atoms with Crippen LogP contribution in [-0.2, 0) is 0 Å². The van der Waals surface area contributed by atoms with E-state index in [1.165, 1.54) is 0 Å². The molecule has 1 aromatic carbocycles. The number of benzene rings is 1. The van der Waals surface area contributed by atoms with Crippen molar-refractivity contribution in [1.29, 1.82) is 0 Å². The molecule has 1 fully saturated rings. The lowest BCUT2D eigenvalue weighted by Gasteiger charge is -2.31. The van der Waals surface area contributed by atoms with Gasteiger partial charge >= 0.3 is 0 Å². The summed E-state index contributed by atoms with van der Waals surface area (Å²) in [5.74, 6) is 0.998. The van der Waals surface area contributed by atoms with Crippen molar-refractivity contribution in [2.24, 2.45) is 0 Å². The van der Waals surface area contributed by atoms with Gasteiger partial charge in [-0.25, -0.2) is 13.8 Å². The summed E-state index contributed by atoms with van der Waals surface area (Å²) in [6.07, 6.45) is 3.37. The molecule has 2 aromatic heterocycles. The van der Waals surface area contributed by atoms with E-state index in [9.17, 15) is 8.78 Å². The Kier molecular flexibility index (Phi) is 6.08. The molecule has 1 saturated heterocycles.